The quantitative estimate of drug-likeness (QED) is 0.807. The molecular weight excluding hydrogens is 328 g/mol. The van der Waals surface area contributed by atoms with Crippen LogP contribution >= 0.6 is 12.4 Å². The van der Waals surface area contributed by atoms with Crippen molar-refractivity contribution in [1.82, 2.24) is 9.62 Å². The van der Waals surface area contributed by atoms with Crippen molar-refractivity contribution >= 4 is 28.4 Å². The Hall–Kier alpha value is -1.15. The first-order chi connectivity index (χ1) is 10.0. The number of ether oxygens (including phenoxy) is 1. The van der Waals surface area contributed by atoms with Crippen molar-refractivity contribution in [2.75, 3.05) is 33.8 Å². The lowest BCUT2D eigenvalue weighted by atomic mass is 10.1. The molecular formula is C14H21ClN2O4S. The highest BCUT2D eigenvalue weighted by Crippen LogP contribution is 2.26. The molecule has 0 saturated carbocycles. The standard InChI is InChI=1S/C14H20N2O4S.ClH/c1-15-9-11-7-8-16(10-11)21(18,19)13-6-4-3-5-12(13)14(17)20-2;/h3-6,11,15H,7-10H2,1-2H3;1H. The molecule has 0 bridgehead atoms. The molecule has 0 radical (unpaired) electrons. The molecule has 1 heterocycles. The molecule has 8 heteroatoms. The van der Waals surface area contributed by atoms with E-state index in [2.05, 4.69) is 10.1 Å². The zero-order valence-corrected chi connectivity index (χ0v) is 14.2. The maximum Gasteiger partial charge on any atom is 0.339 e. The molecule has 1 saturated heterocycles. The van der Waals surface area contributed by atoms with Gasteiger partial charge < -0.3 is 10.1 Å². The van der Waals surface area contributed by atoms with Gasteiger partial charge in [0.2, 0.25) is 10.0 Å². The summed E-state index contributed by atoms with van der Waals surface area (Å²) in [4.78, 5) is 11.8. The smallest absolute Gasteiger partial charge is 0.339 e. The Labute approximate surface area is 137 Å². The van der Waals surface area contributed by atoms with Gasteiger partial charge in [0, 0.05) is 13.1 Å². The van der Waals surface area contributed by atoms with Crippen LogP contribution in [0.5, 0.6) is 0 Å². The van der Waals surface area contributed by atoms with Crippen LogP contribution in [-0.4, -0.2) is 52.5 Å². The molecule has 1 aliphatic heterocycles. The predicted molar refractivity (Wildman–Crippen MR) is 85.8 cm³/mol. The van der Waals surface area contributed by atoms with Gasteiger partial charge in [-0.25, -0.2) is 13.2 Å². The number of nitrogens with one attached hydrogen (secondary N) is 1. The highest BCUT2D eigenvalue weighted by Gasteiger charge is 2.34. The largest absolute Gasteiger partial charge is 0.465 e. The first kappa shape index (κ1) is 18.9. The van der Waals surface area contributed by atoms with Gasteiger partial charge in [0.1, 0.15) is 0 Å². The molecule has 0 spiro atoms. The van der Waals surface area contributed by atoms with Crippen LogP contribution in [0.2, 0.25) is 0 Å². The van der Waals surface area contributed by atoms with Gasteiger partial charge in [-0.05, 0) is 38.1 Å². The Morgan fingerprint density at radius 2 is 2.09 bits per heavy atom. The lowest BCUT2D eigenvalue weighted by molar-refractivity contribution is 0.0596. The van der Waals surface area contributed by atoms with Crippen molar-refractivity contribution in [1.29, 1.82) is 0 Å². The van der Waals surface area contributed by atoms with Crippen LogP contribution in [0.4, 0.5) is 0 Å². The number of carbonyl (C=O) groups is 1. The van der Waals surface area contributed by atoms with Crippen LogP contribution in [0.1, 0.15) is 16.8 Å². The molecule has 1 aromatic rings. The molecule has 2 rings (SSSR count). The van der Waals surface area contributed by atoms with E-state index in [1.54, 1.807) is 12.1 Å². The molecule has 1 unspecified atom stereocenters. The summed E-state index contributed by atoms with van der Waals surface area (Å²) in [5.74, 6) is -0.338. The van der Waals surface area contributed by atoms with Crippen LogP contribution in [0, 0.1) is 5.92 Å². The number of nitrogens with zero attached hydrogens (tertiary/aromatic N) is 1. The number of hydrogen-bond acceptors (Lipinski definition) is 5. The average Bonchev–Trinajstić information content (AvgIpc) is 2.96. The van der Waals surface area contributed by atoms with E-state index >= 15 is 0 Å². The number of rotatable bonds is 5. The van der Waals surface area contributed by atoms with E-state index in [0.29, 0.717) is 19.0 Å². The molecule has 22 heavy (non-hydrogen) atoms. The number of hydrogen-bond donors (Lipinski definition) is 1. The summed E-state index contributed by atoms with van der Waals surface area (Å²) in [5.41, 5.74) is 0.0806. The molecule has 124 valence electrons. The Morgan fingerprint density at radius 3 is 2.73 bits per heavy atom. The highest BCUT2D eigenvalue weighted by atomic mass is 35.5. The molecule has 0 amide bonds. The van der Waals surface area contributed by atoms with E-state index in [9.17, 15) is 13.2 Å². The van der Waals surface area contributed by atoms with E-state index in [-0.39, 0.29) is 22.9 Å². The van der Waals surface area contributed by atoms with Crippen LogP contribution < -0.4 is 5.32 Å². The summed E-state index contributed by atoms with van der Waals surface area (Å²) in [7, 11) is -0.579. The third-order valence-electron chi connectivity index (χ3n) is 3.65. The molecule has 0 aromatic heterocycles. The summed E-state index contributed by atoms with van der Waals surface area (Å²) >= 11 is 0. The highest BCUT2D eigenvalue weighted by molar-refractivity contribution is 7.89. The maximum absolute atomic E-state index is 12.7. The van der Waals surface area contributed by atoms with Crippen LogP contribution in [0.3, 0.4) is 0 Å². The summed E-state index contributed by atoms with van der Waals surface area (Å²) in [6.07, 6.45) is 0.820. The SMILES string of the molecule is CNCC1CCN(S(=O)(=O)c2ccccc2C(=O)OC)C1.Cl. The molecule has 1 atom stereocenters. The van der Waals surface area contributed by atoms with E-state index in [4.69, 9.17) is 0 Å². The number of benzene rings is 1. The molecule has 6 nitrogen and oxygen atoms in total. The zero-order valence-electron chi connectivity index (χ0n) is 12.6. The Kier molecular flexibility index (Phi) is 6.80. The van der Waals surface area contributed by atoms with Gasteiger partial charge in [0.15, 0.2) is 0 Å². The minimum absolute atomic E-state index is 0. The van der Waals surface area contributed by atoms with Crippen molar-refractivity contribution < 1.29 is 17.9 Å². The van der Waals surface area contributed by atoms with Gasteiger partial charge in [-0.3, -0.25) is 0 Å². The molecule has 0 aliphatic carbocycles. The second-order valence-electron chi connectivity index (χ2n) is 5.06. The topological polar surface area (TPSA) is 75.7 Å². The molecule has 1 aliphatic rings. The minimum atomic E-state index is -3.67. The molecule has 1 fully saturated rings. The summed E-state index contributed by atoms with van der Waals surface area (Å²) in [6, 6.07) is 6.16. The predicted octanol–water partition coefficient (Wildman–Crippen LogP) is 1.12. The summed E-state index contributed by atoms with van der Waals surface area (Å²) < 4.78 is 31.6. The van der Waals surface area contributed by atoms with Gasteiger partial charge >= 0.3 is 5.97 Å². The zero-order chi connectivity index (χ0) is 15.5. The third kappa shape index (κ3) is 3.78. The van der Waals surface area contributed by atoms with Crippen molar-refractivity contribution in [2.24, 2.45) is 5.92 Å². The van der Waals surface area contributed by atoms with E-state index in [1.807, 2.05) is 7.05 Å². The number of methoxy groups -OCH3 is 1. The van der Waals surface area contributed by atoms with E-state index < -0.39 is 16.0 Å². The Balaban J connectivity index is 0.00000242. The second-order valence-corrected chi connectivity index (χ2v) is 6.97. The monoisotopic (exact) mass is 348 g/mol. The normalized spacial score (nSPS) is 18.7. The number of carbonyl (C=O) groups excluding carboxylic acids is 1. The van der Waals surface area contributed by atoms with Crippen LogP contribution in [0.25, 0.3) is 0 Å². The number of sulfonamides is 1. The van der Waals surface area contributed by atoms with Gasteiger partial charge in [-0.15, -0.1) is 12.4 Å². The first-order valence-corrected chi connectivity index (χ1v) is 8.26. The van der Waals surface area contributed by atoms with Crippen LogP contribution in [0.15, 0.2) is 29.2 Å². The fourth-order valence-electron chi connectivity index (χ4n) is 2.58. The van der Waals surface area contributed by atoms with E-state index in [0.717, 1.165) is 13.0 Å². The van der Waals surface area contributed by atoms with Crippen molar-refractivity contribution in [3.63, 3.8) is 0 Å². The minimum Gasteiger partial charge on any atom is -0.465 e. The fourth-order valence-corrected chi connectivity index (χ4v) is 4.29. The van der Waals surface area contributed by atoms with Crippen molar-refractivity contribution in [3.8, 4) is 0 Å². The van der Waals surface area contributed by atoms with Gasteiger partial charge in [0.05, 0.1) is 17.6 Å². The fraction of sp³-hybridized carbons (Fsp3) is 0.500. The lowest BCUT2D eigenvalue weighted by Crippen LogP contribution is -2.31. The van der Waals surface area contributed by atoms with Crippen molar-refractivity contribution in [2.45, 2.75) is 11.3 Å². The summed E-state index contributed by atoms with van der Waals surface area (Å²) in [5, 5.41) is 3.06. The lowest BCUT2D eigenvalue weighted by Gasteiger charge is -2.18. The second kappa shape index (κ2) is 7.92. The number of halogens is 1. The Morgan fingerprint density at radius 1 is 1.41 bits per heavy atom. The van der Waals surface area contributed by atoms with Gasteiger partial charge in [-0.2, -0.15) is 4.31 Å². The van der Waals surface area contributed by atoms with Crippen molar-refractivity contribution in [3.05, 3.63) is 29.8 Å². The average molecular weight is 349 g/mol. The van der Waals surface area contributed by atoms with Crippen LogP contribution in [-0.2, 0) is 14.8 Å². The number of esters is 1. The Bertz CT molecular complexity index is 621. The maximum atomic E-state index is 12.7. The van der Waals surface area contributed by atoms with Gasteiger partial charge in [0.25, 0.3) is 0 Å². The summed E-state index contributed by atoms with van der Waals surface area (Å²) in [6.45, 7) is 1.73. The molecule has 1 aromatic carbocycles. The van der Waals surface area contributed by atoms with Gasteiger partial charge in [-0.1, -0.05) is 12.1 Å². The third-order valence-corrected chi connectivity index (χ3v) is 5.57. The van der Waals surface area contributed by atoms with E-state index in [1.165, 1.54) is 23.5 Å². The molecule has 1 N–H and O–H groups in total. The first-order valence-electron chi connectivity index (χ1n) is 6.82.